The van der Waals surface area contributed by atoms with Gasteiger partial charge in [-0.15, -0.1) is 0 Å². The average Bonchev–Trinajstić information content (AvgIpc) is 2.63. The molecule has 0 fully saturated rings. The number of methoxy groups -OCH3 is 1. The summed E-state index contributed by atoms with van der Waals surface area (Å²) in [5.74, 6) is -4.93. The van der Waals surface area contributed by atoms with Gasteiger partial charge in [0.05, 0.1) is 23.4 Å². The zero-order chi connectivity index (χ0) is 21.6. The Bertz CT molecular complexity index is 1040. The van der Waals surface area contributed by atoms with E-state index in [9.17, 15) is 27.2 Å². The molecule has 0 saturated carbocycles. The fourth-order valence-electron chi connectivity index (χ4n) is 2.23. The molecule has 0 bridgehead atoms. The molecule has 2 rings (SSSR count). The van der Waals surface area contributed by atoms with Gasteiger partial charge in [-0.1, -0.05) is 11.6 Å². The lowest BCUT2D eigenvalue weighted by Gasteiger charge is -2.10. The van der Waals surface area contributed by atoms with E-state index in [1.54, 1.807) is 0 Å². The summed E-state index contributed by atoms with van der Waals surface area (Å²) in [4.78, 5) is 35.5. The van der Waals surface area contributed by atoms with Gasteiger partial charge in [-0.05, 0) is 42.5 Å². The second-order valence-corrected chi connectivity index (χ2v) is 8.29. The summed E-state index contributed by atoms with van der Waals surface area (Å²) in [5, 5.41) is 4.66. The van der Waals surface area contributed by atoms with Gasteiger partial charge in [0.15, 0.2) is 9.84 Å². The van der Waals surface area contributed by atoms with Crippen LogP contribution in [0.1, 0.15) is 10.4 Å². The largest absolute Gasteiger partial charge is 0.465 e. The predicted molar refractivity (Wildman–Crippen MR) is 105 cm³/mol. The highest BCUT2D eigenvalue weighted by Gasteiger charge is 2.22. The number of ether oxygens (including phenoxy) is 1. The van der Waals surface area contributed by atoms with Gasteiger partial charge < -0.3 is 15.4 Å². The van der Waals surface area contributed by atoms with Gasteiger partial charge in [-0.25, -0.2) is 17.6 Å². The fourth-order valence-corrected chi connectivity index (χ4v) is 3.44. The zero-order valence-electron chi connectivity index (χ0n) is 15.1. The van der Waals surface area contributed by atoms with Gasteiger partial charge in [-0.2, -0.15) is 0 Å². The van der Waals surface area contributed by atoms with Crippen LogP contribution >= 0.6 is 11.6 Å². The first-order valence-corrected chi connectivity index (χ1v) is 10.2. The normalized spacial score (nSPS) is 10.9. The summed E-state index contributed by atoms with van der Waals surface area (Å²) in [5.41, 5.74) is 0.335. The number of amides is 2. The fraction of sp³-hybridized carbons (Fsp3) is 0.167. The van der Waals surface area contributed by atoms with Crippen molar-refractivity contribution in [2.45, 2.75) is 0 Å². The highest BCUT2D eigenvalue weighted by molar-refractivity contribution is 7.92. The summed E-state index contributed by atoms with van der Waals surface area (Å²) >= 11 is 5.94. The molecule has 2 amide bonds. The van der Waals surface area contributed by atoms with Crippen molar-refractivity contribution in [1.29, 1.82) is 0 Å². The van der Waals surface area contributed by atoms with E-state index in [1.807, 2.05) is 0 Å². The molecule has 8 nitrogen and oxygen atoms in total. The van der Waals surface area contributed by atoms with Gasteiger partial charge in [0.1, 0.15) is 17.3 Å². The highest BCUT2D eigenvalue weighted by atomic mass is 35.5. The molecule has 2 N–H and O–H groups in total. The van der Waals surface area contributed by atoms with Crippen molar-refractivity contribution >= 4 is 50.6 Å². The quantitative estimate of drug-likeness (QED) is 0.635. The summed E-state index contributed by atoms with van der Waals surface area (Å²) in [6.07, 6.45) is 0. The number of nitrogens with one attached hydrogen (secondary N) is 2. The molecule has 154 valence electrons. The first kappa shape index (κ1) is 22.3. The Balaban J connectivity index is 1.99. The molecule has 0 heterocycles. The maximum Gasteiger partial charge on any atom is 0.337 e. The Labute approximate surface area is 170 Å². The third kappa shape index (κ3) is 6.84. The van der Waals surface area contributed by atoms with E-state index in [0.717, 1.165) is 12.1 Å². The molecule has 2 aromatic rings. The Morgan fingerprint density at radius 1 is 1.00 bits per heavy atom. The minimum Gasteiger partial charge on any atom is -0.465 e. The van der Waals surface area contributed by atoms with E-state index in [4.69, 9.17) is 11.6 Å². The van der Waals surface area contributed by atoms with Crippen molar-refractivity contribution in [3.63, 3.8) is 0 Å². The maximum absolute atomic E-state index is 12.8. The number of esters is 1. The molecular weight excluding hydrogens is 427 g/mol. The first-order valence-electron chi connectivity index (χ1n) is 8.03. The summed E-state index contributed by atoms with van der Waals surface area (Å²) < 4.78 is 41.6. The van der Waals surface area contributed by atoms with Crippen LogP contribution in [0.3, 0.4) is 0 Å². The highest BCUT2D eigenvalue weighted by Crippen LogP contribution is 2.23. The summed E-state index contributed by atoms with van der Waals surface area (Å²) in [7, 11) is -2.93. The Morgan fingerprint density at radius 3 is 2.17 bits per heavy atom. The molecule has 0 aliphatic rings. The van der Waals surface area contributed by atoms with Crippen LogP contribution in [0, 0.1) is 5.82 Å². The molecule has 0 saturated heterocycles. The third-order valence-electron chi connectivity index (χ3n) is 3.49. The van der Waals surface area contributed by atoms with Gasteiger partial charge in [0.2, 0.25) is 11.8 Å². The number of benzene rings is 2. The van der Waals surface area contributed by atoms with Gasteiger partial charge >= 0.3 is 5.97 Å². The maximum atomic E-state index is 12.8. The van der Waals surface area contributed by atoms with Crippen LogP contribution < -0.4 is 10.6 Å². The average molecular weight is 443 g/mol. The smallest absolute Gasteiger partial charge is 0.337 e. The number of halogens is 2. The van der Waals surface area contributed by atoms with E-state index in [1.165, 1.54) is 37.4 Å². The van der Waals surface area contributed by atoms with Crippen molar-refractivity contribution in [2.24, 2.45) is 0 Å². The van der Waals surface area contributed by atoms with E-state index in [-0.39, 0.29) is 22.0 Å². The first-order chi connectivity index (χ1) is 13.6. The summed E-state index contributed by atoms with van der Waals surface area (Å²) in [6, 6.07) is 8.69. The van der Waals surface area contributed by atoms with E-state index in [0.29, 0.717) is 0 Å². The Kier molecular flexibility index (Phi) is 7.29. The van der Waals surface area contributed by atoms with Crippen molar-refractivity contribution in [2.75, 3.05) is 29.2 Å². The molecule has 0 aliphatic carbocycles. The standard InChI is InChI=1S/C18H16ClFN2O6S/c1-28-18(25)11-2-7-14(19)15(8-11)22-17(24)10-29(26,27)9-16(23)21-13-5-3-12(20)4-6-13/h2-8H,9-10H2,1H3,(H,21,23)(H,22,24). The molecular formula is C18H16ClFN2O6S. The molecule has 0 aromatic heterocycles. The molecule has 2 aromatic carbocycles. The van der Waals surface area contributed by atoms with Crippen LogP contribution in [-0.4, -0.2) is 44.8 Å². The summed E-state index contributed by atoms with van der Waals surface area (Å²) in [6.45, 7) is 0. The van der Waals surface area contributed by atoms with E-state index >= 15 is 0 Å². The van der Waals surface area contributed by atoms with Crippen LogP contribution in [0.2, 0.25) is 5.02 Å². The van der Waals surface area contributed by atoms with Crippen LogP contribution in [0.5, 0.6) is 0 Å². The number of carbonyl (C=O) groups excluding carboxylic acids is 3. The number of sulfone groups is 1. The molecule has 0 radical (unpaired) electrons. The van der Waals surface area contributed by atoms with Crippen LogP contribution in [0.4, 0.5) is 15.8 Å². The van der Waals surface area contributed by atoms with Crippen LogP contribution in [0.25, 0.3) is 0 Å². The molecule has 0 aliphatic heterocycles. The number of hydrogen-bond acceptors (Lipinski definition) is 6. The minimum atomic E-state index is -4.11. The van der Waals surface area contributed by atoms with Crippen LogP contribution in [-0.2, 0) is 24.2 Å². The lowest BCUT2D eigenvalue weighted by Crippen LogP contribution is -2.30. The van der Waals surface area contributed by atoms with E-state index in [2.05, 4.69) is 15.4 Å². The molecule has 29 heavy (non-hydrogen) atoms. The number of anilines is 2. The third-order valence-corrected chi connectivity index (χ3v) is 5.23. The Morgan fingerprint density at radius 2 is 1.59 bits per heavy atom. The van der Waals surface area contributed by atoms with Gasteiger partial charge in [0, 0.05) is 5.69 Å². The number of carbonyl (C=O) groups is 3. The number of rotatable bonds is 7. The monoisotopic (exact) mass is 442 g/mol. The van der Waals surface area contributed by atoms with Crippen molar-refractivity contribution in [1.82, 2.24) is 0 Å². The van der Waals surface area contributed by atoms with Gasteiger partial charge in [-0.3, -0.25) is 9.59 Å². The SMILES string of the molecule is COC(=O)c1ccc(Cl)c(NC(=O)CS(=O)(=O)CC(=O)Nc2ccc(F)cc2)c1. The number of hydrogen-bond donors (Lipinski definition) is 2. The van der Waals surface area contributed by atoms with Gasteiger partial charge in [0.25, 0.3) is 0 Å². The van der Waals surface area contributed by atoms with Crippen molar-refractivity contribution in [3.8, 4) is 0 Å². The lowest BCUT2D eigenvalue weighted by molar-refractivity contribution is -0.114. The molecule has 0 atom stereocenters. The van der Waals surface area contributed by atoms with Crippen molar-refractivity contribution in [3.05, 3.63) is 58.9 Å². The van der Waals surface area contributed by atoms with E-state index < -0.39 is 44.9 Å². The molecule has 0 spiro atoms. The van der Waals surface area contributed by atoms with Crippen LogP contribution in [0.15, 0.2) is 42.5 Å². The Hall–Kier alpha value is -2.98. The predicted octanol–water partition coefficient (Wildman–Crippen LogP) is 2.26. The molecule has 0 unspecified atom stereocenters. The second-order valence-electron chi connectivity index (χ2n) is 5.82. The minimum absolute atomic E-state index is 0.0190. The molecule has 11 heteroatoms. The van der Waals surface area contributed by atoms with Crippen molar-refractivity contribution < 1.29 is 31.9 Å². The second kappa shape index (κ2) is 9.48. The zero-order valence-corrected chi connectivity index (χ0v) is 16.6. The topological polar surface area (TPSA) is 119 Å². The lowest BCUT2D eigenvalue weighted by atomic mass is 10.2.